The lowest BCUT2D eigenvalue weighted by Gasteiger charge is -2.30. The first-order valence-electron chi connectivity index (χ1n) is 10.00. The van der Waals surface area contributed by atoms with Crippen LogP contribution in [-0.2, 0) is 0 Å². The summed E-state index contributed by atoms with van der Waals surface area (Å²) < 4.78 is 24.6. The first-order valence-corrected chi connectivity index (χ1v) is 10.00. The van der Waals surface area contributed by atoms with E-state index in [9.17, 15) is 14.0 Å². The zero-order chi connectivity index (χ0) is 21.4. The third kappa shape index (κ3) is 3.72. The molecule has 0 unspecified atom stereocenters. The van der Waals surface area contributed by atoms with Crippen LogP contribution in [0.4, 0.5) is 4.39 Å². The lowest BCUT2D eigenvalue weighted by molar-refractivity contribution is 0.0675. The number of rotatable bonds is 3. The van der Waals surface area contributed by atoms with E-state index in [4.69, 9.17) is 8.83 Å². The number of likely N-dealkylation sites (tertiary alicyclic amines) is 1. The van der Waals surface area contributed by atoms with E-state index < -0.39 is 0 Å². The average Bonchev–Trinajstić information content (AvgIpc) is 3.29. The molecule has 1 aliphatic rings. The monoisotopic (exact) mass is 419 g/mol. The van der Waals surface area contributed by atoms with Crippen LogP contribution in [0.25, 0.3) is 22.4 Å². The second kappa shape index (κ2) is 7.79. The topological polar surface area (TPSA) is 89.4 Å². The summed E-state index contributed by atoms with van der Waals surface area (Å²) in [6, 6.07) is 14.0. The maximum atomic E-state index is 13.1. The van der Waals surface area contributed by atoms with Crippen molar-refractivity contribution in [2.75, 3.05) is 13.1 Å². The molecule has 2 aromatic heterocycles. The summed E-state index contributed by atoms with van der Waals surface area (Å²) in [6.07, 6.45) is 1.29. The summed E-state index contributed by atoms with van der Waals surface area (Å²) in [5, 5.41) is 8.65. The quantitative estimate of drug-likeness (QED) is 0.499. The summed E-state index contributed by atoms with van der Waals surface area (Å²) in [6.45, 7) is 0.961. The van der Waals surface area contributed by atoms with Gasteiger partial charge in [0.2, 0.25) is 11.8 Å². The van der Waals surface area contributed by atoms with Gasteiger partial charge < -0.3 is 13.7 Å². The highest BCUT2D eigenvalue weighted by atomic mass is 19.1. The molecule has 0 bridgehead atoms. The van der Waals surface area contributed by atoms with Crippen LogP contribution in [0.5, 0.6) is 0 Å². The van der Waals surface area contributed by atoms with E-state index in [0.717, 1.165) is 0 Å². The average molecular weight is 419 g/mol. The van der Waals surface area contributed by atoms with Crippen molar-refractivity contribution in [2.24, 2.45) is 0 Å². The number of carbonyl (C=O) groups is 1. The van der Waals surface area contributed by atoms with E-state index >= 15 is 0 Å². The molecule has 1 amide bonds. The Morgan fingerprint density at radius 1 is 1.00 bits per heavy atom. The van der Waals surface area contributed by atoms with Crippen LogP contribution >= 0.6 is 0 Å². The number of carbonyl (C=O) groups excluding carboxylic acids is 1. The van der Waals surface area contributed by atoms with Crippen molar-refractivity contribution in [3.8, 4) is 11.5 Å². The van der Waals surface area contributed by atoms with Crippen molar-refractivity contribution in [1.82, 2.24) is 15.1 Å². The van der Waals surface area contributed by atoms with Crippen molar-refractivity contribution in [3.63, 3.8) is 0 Å². The number of aromatic nitrogens is 2. The predicted octanol–water partition coefficient (Wildman–Crippen LogP) is 4.00. The molecular weight excluding hydrogens is 401 g/mol. The molecule has 0 saturated carbocycles. The maximum Gasteiger partial charge on any atom is 0.289 e. The molecule has 2 aromatic carbocycles. The predicted molar refractivity (Wildman–Crippen MR) is 110 cm³/mol. The van der Waals surface area contributed by atoms with E-state index in [0.29, 0.717) is 54.2 Å². The molecule has 1 saturated heterocycles. The molecule has 5 rings (SSSR count). The van der Waals surface area contributed by atoms with Gasteiger partial charge in [-0.05, 0) is 49.2 Å². The molecule has 0 N–H and O–H groups in total. The molecule has 0 atom stereocenters. The fourth-order valence-electron chi connectivity index (χ4n) is 3.80. The highest BCUT2D eigenvalue weighted by Crippen LogP contribution is 2.30. The van der Waals surface area contributed by atoms with Crippen molar-refractivity contribution in [1.29, 1.82) is 0 Å². The summed E-state index contributed by atoms with van der Waals surface area (Å²) in [5.74, 6) is 0.268. The van der Waals surface area contributed by atoms with Gasteiger partial charge in [-0.15, -0.1) is 10.2 Å². The van der Waals surface area contributed by atoms with E-state index in [1.807, 2.05) is 0 Å². The number of nitrogens with zero attached hydrogens (tertiary/aromatic N) is 3. The smallest absolute Gasteiger partial charge is 0.289 e. The Morgan fingerprint density at radius 3 is 2.52 bits per heavy atom. The van der Waals surface area contributed by atoms with Gasteiger partial charge in [0, 0.05) is 30.6 Å². The first kappa shape index (κ1) is 19.2. The Bertz CT molecular complexity index is 1300. The van der Waals surface area contributed by atoms with Crippen LogP contribution in [0.15, 0.2) is 68.2 Å². The Balaban J connectivity index is 1.28. The molecule has 31 heavy (non-hydrogen) atoms. The van der Waals surface area contributed by atoms with Crippen molar-refractivity contribution in [3.05, 3.63) is 82.3 Å². The molecule has 1 fully saturated rings. The Morgan fingerprint density at radius 2 is 1.74 bits per heavy atom. The van der Waals surface area contributed by atoms with Gasteiger partial charge >= 0.3 is 0 Å². The normalized spacial score (nSPS) is 14.8. The van der Waals surface area contributed by atoms with Gasteiger partial charge in [0.25, 0.3) is 5.91 Å². The SMILES string of the molecule is O=C(c1cc(=O)c2ccccc2o1)N1CCC(c2nnc(-c3ccc(F)cc3)o2)CC1. The van der Waals surface area contributed by atoms with Gasteiger partial charge in [-0.3, -0.25) is 9.59 Å². The van der Waals surface area contributed by atoms with Gasteiger partial charge in [-0.25, -0.2) is 4.39 Å². The highest BCUT2D eigenvalue weighted by molar-refractivity contribution is 5.93. The molecule has 7 nitrogen and oxygen atoms in total. The number of para-hydroxylation sites is 1. The lowest BCUT2D eigenvalue weighted by atomic mass is 9.96. The molecule has 4 aromatic rings. The fraction of sp³-hybridized carbons (Fsp3) is 0.217. The van der Waals surface area contributed by atoms with Crippen LogP contribution < -0.4 is 5.43 Å². The highest BCUT2D eigenvalue weighted by Gasteiger charge is 2.29. The van der Waals surface area contributed by atoms with Gasteiger partial charge in [0.05, 0.1) is 5.39 Å². The van der Waals surface area contributed by atoms with E-state index in [1.54, 1.807) is 41.3 Å². The van der Waals surface area contributed by atoms with Gasteiger partial charge in [0.15, 0.2) is 11.2 Å². The fourth-order valence-corrected chi connectivity index (χ4v) is 3.80. The minimum atomic E-state index is -0.331. The van der Waals surface area contributed by atoms with E-state index in [1.165, 1.54) is 18.2 Å². The molecule has 0 radical (unpaired) electrons. The third-order valence-electron chi connectivity index (χ3n) is 5.51. The first-order chi connectivity index (χ1) is 15.1. The van der Waals surface area contributed by atoms with Crippen LogP contribution in [0.3, 0.4) is 0 Å². The Labute approximate surface area is 176 Å². The minimum Gasteiger partial charge on any atom is -0.451 e. The second-order valence-corrected chi connectivity index (χ2v) is 7.49. The van der Waals surface area contributed by atoms with E-state index in [2.05, 4.69) is 10.2 Å². The molecule has 0 spiro atoms. The van der Waals surface area contributed by atoms with Crippen LogP contribution in [0.2, 0.25) is 0 Å². The minimum absolute atomic E-state index is 0.0226. The van der Waals surface area contributed by atoms with Crippen LogP contribution in [0.1, 0.15) is 35.2 Å². The summed E-state index contributed by atoms with van der Waals surface area (Å²) in [4.78, 5) is 26.8. The number of halogens is 1. The summed E-state index contributed by atoms with van der Waals surface area (Å²) >= 11 is 0. The van der Waals surface area contributed by atoms with Gasteiger partial charge in [0.1, 0.15) is 11.4 Å². The van der Waals surface area contributed by atoms with Crippen molar-refractivity contribution in [2.45, 2.75) is 18.8 Å². The maximum absolute atomic E-state index is 13.1. The zero-order valence-corrected chi connectivity index (χ0v) is 16.5. The second-order valence-electron chi connectivity index (χ2n) is 7.49. The Hall–Kier alpha value is -3.81. The molecule has 156 valence electrons. The summed E-state index contributed by atoms with van der Waals surface area (Å²) in [7, 11) is 0. The van der Waals surface area contributed by atoms with Crippen LogP contribution in [0, 0.1) is 5.82 Å². The van der Waals surface area contributed by atoms with Crippen LogP contribution in [-0.4, -0.2) is 34.1 Å². The van der Waals surface area contributed by atoms with E-state index in [-0.39, 0.29) is 28.8 Å². The lowest BCUT2D eigenvalue weighted by Crippen LogP contribution is -2.38. The van der Waals surface area contributed by atoms with Crippen molar-refractivity contribution < 1.29 is 18.0 Å². The van der Waals surface area contributed by atoms with Gasteiger partial charge in [-0.1, -0.05) is 12.1 Å². The standard InChI is InChI=1S/C23H18FN3O4/c24-16-7-5-14(6-8-16)21-25-26-22(31-21)15-9-11-27(12-10-15)23(29)20-13-18(28)17-3-1-2-4-19(17)30-20/h1-8,13,15H,9-12H2. The number of amides is 1. The largest absolute Gasteiger partial charge is 0.451 e. The zero-order valence-electron chi connectivity index (χ0n) is 16.5. The number of piperidine rings is 1. The Kier molecular flexibility index (Phi) is 4.82. The third-order valence-corrected chi connectivity index (χ3v) is 5.51. The molecule has 8 heteroatoms. The molecule has 1 aliphatic heterocycles. The van der Waals surface area contributed by atoms with Crippen molar-refractivity contribution >= 4 is 16.9 Å². The number of benzene rings is 2. The van der Waals surface area contributed by atoms with Gasteiger partial charge in [-0.2, -0.15) is 0 Å². The molecule has 0 aliphatic carbocycles. The number of hydrogen-bond acceptors (Lipinski definition) is 6. The molecule has 3 heterocycles. The molecular formula is C23H18FN3O4. The number of hydrogen-bond donors (Lipinski definition) is 0. The summed E-state index contributed by atoms with van der Waals surface area (Å²) in [5.41, 5.74) is 0.811. The number of fused-ring (bicyclic) bond motifs is 1.